The van der Waals surface area contributed by atoms with Crippen molar-refractivity contribution in [3.05, 3.63) is 0 Å². The van der Waals surface area contributed by atoms with Gasteiger partial charge in [0.15, 0.2) is 0 Å². The summed E-state index contributed by atoms with van der Waals surface area (Å²) in [5, 5.41) is 0. The van der Waals surface area contributed by atoms with Crippen LogP contribution in [0, 0.1) is 0 Å². The van der Waals surface area contributed by atoms with Gasteiger partial charge in [-0.05, 0) is 46.2 Å². The molecule has 0 aliphatic rings. The highest BCUT2D eigenvalue weighted by Crippen LogP contribution is 2.07. The predicted octanol–water partition coefficient (Wildman–Crippen LogP) is 2.44. The molecule has 0 spiro atoms. The Kier molecular flexibility index (Phi) is 11.1. The molecule has 3 N–H and O–H groups in total. The molecule has 0 heterocycles. The predicted molar refractivity (Wildman–Crippen MR) is 77.0 cm³/mol. The largest absolute Gasteiger partial charge is 0.301 e. The van der Waals surface area contributed by atoms with Crippen molar-refractivity contribution in [3.63, 3.8) is 0 Å². The molecule has 18 heavy (non-hydrogen) atoms. The van der Waals surface area contributed by atoms with E-state index in [9.17, 15) is 4.79 Å². The number of nitrogens with one attached hydrogen (secondary N) is 1. The number of nitrogens with two attached hydrogens (primary N) is 1. The number of nitrogens with zero attached hydrogens (tertiary/aromatic N) is 1. The van der Waals surface area contributed by atoms with Crippen LogP contribution in [-0.2, 0) is 4.79 Å². The lowest BCUT2D eigenvalue weighted by Crippen LogP contribution is -2.33. The maximum absolute atomic E-state index is 10.9. The van der Waals surface area contributed by atoms with Gasteiger partial charge >= 0.3 is 0 Å². The second kappa shape index (κ2) is 11.5. The molecule has 0 fully saturated rings. The van der Waals surface area contributed by atoms with Crippen molar-refractivity contribution in [1.29, 1.82) is 0 Å². The summed E-state index contributed by atoms with van der Waals surface area (Å²) in [6, 6.07) is 0.620. The Hall–Kier alpha value is -0.610. The van der Waals surface area contributed by atoms with E-state index in [1.54, 1.807) is 0 Å². The molecule has 0 unspecified atom stereocenters. The summed E-state index contributed by atoms with van der Waals surface area (Å²) >= 11 is 0. The van der Waals surface area contributed by atoms with Crippen molar-refractivity contribution in [2.75, 3.05) is 13.1 Å². The van der Waals surface area contributed by atoms with Crippen LogP contribution in [0.2, 0.25) is 0 Å². The second-order valence-electron chi connectivity index (χ2n) is 5.21. The van der Waals surface area contributed by atoms with Gasteiger partial charge < -0.3 is 4.90 Å². The zero-order valence-electron chi connectivity index (χ0n) is 12.4. The molecule has 0 aliphatic heterocycles. The number of amides is 1. The summed E-state index contributed by atoms with van der Waals surface area (Å²) in [4.78, 5) is 13.5. The third-order valence-electron chi connectivity index (χ3n) is 3.29. The molecule has 0 saturated carbocycles. The van der Waals surface area contributed by atoms with Crippen LogP contribution >= 0.6 is 0 Å². The van der Waals surface area contributed by atoms with Crippen molar-refractivity contribution in [1.82, 2.24) is 10.3 Å². The normalized spacial score (nSPS) is 11.2. The van der Waals surface area contributed by atoms with Crippen LogP contribution in [0.3, 0.4) is 0 Å². The average molecular weight is 257 g/mol. The highest BCUT2D eigenvalue weighted by molar-refractivity contribution is 5.74. The van der Waals surface area contributed by atoms with Gasteiger partial charge in [-0.15, -0.1) is 0 Å². The highest BCUT2D eigenvalue weighted by atomic mass is 16.2. The van der Waals surface area contributed by atoms with Gasteiger partial charge in [-0.2, -0.15) is 0 Å². The number of carbonyl (C=O) groups is 1. The lowest BCUT2D eigenvalue weighted by Gasteiger charge is -2.26. The lowest BCUT2D eigenvalue weighted by atomic mass is 10.1. The fraction of sp³-hybridized carbons (Fsp3) is 0.929. The lowest BCUT2D eigenvalue weighted by molar-refractivity contribution is -0.121. The van der Waals surface area contributed by atoms with Gasteiger partial charge in [0.1, 0.15) is 0 Å². The van der Waals surface area contributed by atoms with Crippen LogP contribution in [0.15, 0.2) is 0 Å². The van der Waals surface area contributed by atoms with Gasteiger partial charge in [0.2, 0.25) is 5.91 Å². The molecule has 4 nitrogen and oxygen atoms in total. The van der Waals surface area contributed by atoms with Crippen LogP contribution < -0.4 is 11.3 Å². The molecule has 1 amide bonds. The van der Waals surface area contributed by atoms with Crippen molar-refractivity contribution < 1.29 is 4.79 Å². The molecule has 0 rings (SSSR count). The fourth-order valence-corrected chi connectivity index (χ4v) is 2.04. The number of rotatable bonds is 11. The van der Waals surface area contributed by atoms with E-state index in [2.05, 4.69) is 31.1 Å². The molecule has 0 aromatic heterocycles. The Morgan fingerprint density at radius 1 is 1.11 bits per heavy atom. The smallest absolute Gasteiger partial charge is 0.233 e. The van der Waals surface area contributed by atoms with Gasteiger partial charge in [-0.25, -0.2) is 5.84 Å². The molecule has 0 saturated heterocycles. The zero-order chi connectivity index (χ0) is 13.8. The number of hydrogen-bond donors (Lipinski definition) is 2. The minimum absolute atomic E-state index is 0.0568. The van der Waals surface area contributed by atoms with Crippen molar-refractivity contribution >= 4 is 5.91 Å². The van der Waals surface area contributed by atoms with Crippen molar-refractivity contribution in [2.24, 2.45) is 5.84 Å². The summed E-state index contributed by atoms with van der Waals surface area (Å²) in [5.74, 6) is 4.98. The SMILES string of the molecule is CCCCCN(CCCCCC(=O)NN)C(C)C. The third kappa shape index (κ3) is 9.42. The van der Waals surface area contributed by atoms with Gasteiger partial charge in [0, 0.05) is 12.5 Å². The van der Waals surface area contributed by atoms with E-state index >= 15 is 0 Å². The number of hydrazine groups is 1. The van der Waals surface area contributed by atoms with E-state index in [1.807, 2.05) is 0 Å². The second-order valence-corrected chi connectivity index (χ2v) is 5.21. The number of carbonyl (C=O) groups excluding carboxylic acids is 1. The highest BCUT2D eigenvalue weighted by Gasteiger charge is 2.08. The molecule has 0 radical (unpaired) electrons. The van der Waals surface area contributed by atoms with E-state index in [-0.39, 0.29) is 5.91 Å². The molecule has 0 aliphatic carbocycles. The summed E-state index contributed by atoms with van der Waals surface area (Å²) in [7, 11) is 0. The minimum Gasteiger partial charge on any atom is -0.301 e. The van der Waals surface area contributed by atoms with Crippen LogP contribution in [0.25, 0.3) is 0 Å². The standard InChI is InChI=1S/C14H31N3O/c1-4-5-8-11-17(13(2)3)12-9-6-7-10-14(18)16-15/h13H,4-12,15H2,1-3H3,(H,16,18). The van der Waals surface area contributed by atoms with Crippen LogP contribution in [0.1, 0.15) is 65.7 Å². The fourth-order valence-electron chi connectivity index (χ4n) is 2.04. The summed E-state index contributed by atoms with van der Waals surface area (Å²) < 4.78 is 0. The van der Waals surface area contributed by atoms with E-state index in [1.165, 1.54) is 32.2 Å². The quantitative estimate of drug-likeness (QED) is 0.259. The molecule has 4 heteroatoms. The van der Waals surface area contributed by atoms with Crippen LogP contribution in [0.5, 0.6) is 0 Å². The van der Waals surface area contributed by atoms with Gasteiger partial charge in [0.25, 0.3) is 0 Å². The first-order valence-electron chi connectivity index (χ1n) is 7.35. The number of unbranched alkanes of at least 4 members (excludes halogenated alkanes) is 4. The Bertz CT molecular complexity index is 207. The molecular weight excluding hydrogens is 226 g/mol. The van der Waals surface area contributed by atoms with Gasteiger partial charge in [-0.3, -0.25) is 10.2 Å². The first-order chi connectivity index (χ1) is 8.61. The van der Waals surface area contributed by atoms with E-state index in [0.717, 1.165) is 19.4 Å². The Morgan fingerprint density at radius 2 is 1.72 bits per heavy atom. The maximum Gasteiger partial charge on any atom is 0.233 e. The molecule has 0 atom stereocenters. The van der Waals surface area contributed by atoms with Gasteiger partial charge in [-0.1, -0.05) is 26.2 Å². The van der Waals surface area contributed by atoms with E-state index < -0.39 is 0 Å². The molecule has 0 aromatic carbocycles. The van der Waals surface area contributed by atoms with Gasteiger partial charge in [0.05, 0.1) is 0 Å². The summed E-state index contributed by atoms with van der Waals surface area (Å²) in [6.45, 7) is 9.10. The Balaban J connectivity index is 3.60. The molecular formula is C14H31N3O. The van der Waals surface area contributed by atoms with Crippen LogP contribution in [-0.4, -0.2) is 29.9 Å². The summed E-state index contributed by atoms with van der Waals surface area (Å²) in [5.41, 5.74) is 2.17. The first-order valence-corrected chi connectivity index (χ1v) is 7.35. The zero-order valence-corrected chi connectivity index (χ0v) is 12.4. The Morgan fingerprint density at radius 3 is 2.22 bits per heavy atom. The number of hydrogen-bond acceptors (Lipinski definition) is 3. The van der Waals surface area contributed by atoms with E-state index in [0.29, 0.717) is 12.5 Å². The van der Waals surface area contributed by atoms with E-state index in [4.69, 9.17) is 5.84 Å². The topological polar surface area (TPSA) is 58.4 Å². The molecule has 0 bridgehead atoms. The monoisotopic (exact) mass is 257 g/mol. The third-order valence-corrected chi connectivity index (χ3v) is 3.29. The first kappa shape index (κ1) is 17.4. The molecule has 0 aromatic rings. The maximum atomic E-state index is 10.9. The average Bonchev–Trinajstić information content (AvgIpc) is 2.35. The van der Waals surface area contributed by atoms with Crippen LogP contribution in [0.4, 0.5) is 0 Å². The molecule has 108 valence electrons. The van der Waals surface area contributed by atoms with Crippen molar-refractivity contribution in [3.8, 4) is 0 Å². The summed E-state index contributed by atoms with van der Waals surface area (Å²) in [6.07, 6.45) is 7.65. The van der Waals surface area contributed by atoms with Crippen molar-refractivity contribution in [2.45, 2.75) is 71.8 Å². The minimum atomic E-state index is -0.0568. The Labute approximate surface area is 112 Å².